The van der Waals surface area contributed by atoms with Crippen LogP contribution in [0.4, 0.5) is 11.4 Å². The Kier molecular flexibility index (Phi) is 5.83. The highest BCUT2D eigenvalue weighted by Gasteiger charge is 2.43. The largest absolute Gasteiger partial charge is 0.327 e. The van der Waals surface area contributed by atoms with Crippen LogP contribution >= 0.6 is 0 Å². The van der Waals surface area contributed by atoms with Crippen molar-refractivity contribution in [3.63, 3.8) is 0 Å². The fourth-order valence-electron chi connectivity index (χ4n) is 5.34. The lowest BCUT2D eigenvalue weighted by atomic mass is 10.1. The summed E-state index contributed by atoms with van der Waals surface area (Å²) in [7, 11) is 1.98. The highest BCUT2D eigenvalue weighted by atomic mass is 16.2. The van der Waals surface area contributed by atoms with Gasteiger partial charge < -0.3 is 4.57 Å². The number of imidazole rings is 1. The molecule has 0 radical (unpaired) electrons. The van der Waals surface area contributed by atoms with Gasteiger partial charge in [0, 0.05) is 12.7 Å². The molecule has 4 aromatic carbocycles. The number of carbonyl (C=O) groups excluding carboxylic acids is 2. The van der Waals surface area contributed by atoms with E-state index in [9.17, 15) is 9.59 Å². The number of benzene rings is 4. The van der Waals surface area contributed by atoms with Gasteiger partial charge in [-0.2, -0.15) is 0 Å². The van der Waals surface area contributed by atoms with Crippen LogP contribution < -0.4 is 10.0 Å². The number of rotatable bonds is 5. The average molecular weight is 536 g/mol. The lowest BCUT2D eigenvalue weighted by molar-refractivity contribution is -0.116. The molecule has 0 spiro atoms. The Balaban J connectivity index is 1.42. The summed E-state index contributed by atoms with van der Waals surface area (Å²) < 4.78 is 4.03. The molecule has 198 valence electrons. The zero-order valence-electron chi connectivity index (χ0n) is 22.3. The number of nitrogens with zero attached hydrogens (tertiary/aromatic N) is 5. The molecule has 0 saturated carbocycles. The fraction of sp³-hybridized carbons (Fsp3) is 0.0294. The minimum Gasteiger partial charge on any atom is -0.327 e. The van der Waals surface area contributed by atoms with Crippen molar-refractivity contribution in [1.29, 1.82) is 0 Å². The predicted octanol–water partition coefficient (Wildman–Crippen LogP) is 6.41. The molecule has 6 aromatic rings. The summed E-state index contributed by atoms with van der Waals surface area (Å²) in [6.45, 7) is 0. The van der Waals surface area contributed by atoms with Gasteiger partial charge in [0.25, 0.3) is 11.8 Å². The monoisotopic (exact) mass is 535 g/mol. The van der Waals surface area contributed by atoms with Crippen LogP contribution in [-0.4, -0.2) is 25.9 Å². The number of aromatic nitrogens is 3. The van der Waals surface area contributed by atoms with Crippen LogP contribution in [0.25, 0.3) is 34.2 Å². The molecule has 7 nitrogen and oxygen atoms in total. The number of hydrogen-bond donors (Lipinski definition) is 0. The van der Waals surface area contributed by atoms with Gasteiger partial charge in [-0.3, -0.25) is 14.2 Å². The van der Waals surface area contributed by atoms with Crippen LogP contribution in [0, 0.1) is 0 Å². The number of hydrogen-bond acceptors (Lipinski definition) is 3. The van der Waals surface area contributed by atoms with Crippen LogP contribution in [-0.2, 0) is 16.6 Å². The SMILES string of the molecule is Cn1c(-c2ccccc2)cc2c1nc(C=C1C(=O)N(c3ccccc3)N(c3ccccc3)C1=O)n2-c1ccccc1. The minimum absolute atomic E-state index is 0.0356. The van der Waals surface area contributed by atoms with Crippen molar-refractivity contribution in [1.82, 2.24) is 14.1 Å². The highest BCUT2D eigenvalue weighted by Crippen LogP contribution is 2.34. The van der Waals surface area contributed by atoms with E-state index in [-0.39, 0.29) is 5.57 Å². The topological polar surface area (TPSA) is 63.4 Å². The first-order valence-corrected chi connectivity index (χ1v) is 13.3. The van der Waals surface area contributed by atoms with E-state index < -0.39 is 11.8 Å². The summed E-state index contributed by atoms with van der Waals surface area (Å²) in [5.41, 5.74) is 5.83. The summed E-state index contributed by atoms with van der Waals surface area (Å²) >= 11 is 0. The van der Waals surface area contributed by atoms with Crippen LogP contribution in [0.5, 0.6) is 0 Å². The van der Waals surface area contributed by atoms with Crippen molar-refractivity contribution in [2.45, 2.75) is 0 Å². The first kappa shape index (κ1) is 24.4. The maximum atomic E-state index is 14.0. The zero-order chi connectivity index (χ0) is 27.9. The van der Waals surface area contributed by atoms with Gasteiger partial charge in [0.1, 0.15) is 11.4 Å². The predicted molar refractivity (Wildman–Crippen MR) is 161 cm³/mol. The molecule has 7 rings (SSSR count). The Labute approximate surface area is 236 Å². The zero-order valence-corrected chi connectivity index (χ0v) is 22.3. The van der Waals surface area contributed by atoms with Crippen molar-refractivity contribution in [2.75, 3.05) is 10.0 Å². The first-order chi connectivity index (χ1) is 20.1. The van der Waals surface area contributed by atoms with E-state index in [1.54, 1.807) is 6.08 Å². The average Bonchev–Trinajstić information content (AvgIpc) is 3.63. The van der Waals surface area contributed by atoms with Crippen LogP contribution in [0.3, 0.4) is 0 Å². The van der Waals surface area contributed by atoms with Crippen LogP contribution in [0.2, 0.25) is 0 Å². The molecule has 2 aromatic heterocycles. The quantitative estimate of drug-likeness (QED) is 0.189. The van der Waals surface area contributed by atoms with E-state index in [1.807, 2.05) is 125 Å². The Morgan fingerprint density at radius 2 is 1.07 bits per heavy atom. The molecule has 0 bridgehead atoms. The molecule has 7 heteroatoms. The minimum atomic E-state index is -0.415. The van der Waals surface area contributed by atoms with Crippen molar-refractivity contribution in [2.24, 2.45) is 7.05 Å². The van der Waals surface area contributed by atoms with E-state index >= 15 is 0 Å². The second-order valence-electron chi connectivity index (χ2n) is 9.77. The molecule has 0 aliphatic carbocycles. The molecular weight excluding hydrogens is 510 g/mol. The van der Waals surface area contributed by atoms with E-state index in [0.29, 0.717) is 17.2 Å². The fourth-order valence-corrected chi connectivity index (χ4v) is 5.34. The summed E-state index contributed by atoms with van der Waals surface area (Å²) in [6.07, 6.45) is 1.61. The Morgan fingerprint density at radius 3 is 1.59 bits per heavy atom. The van der Waals surface area contributed by atoms with Gasteiger partial charge in [0.15, 0.2) is 5.65 Å². The molecule has 1 fully saturated rings. The molecule has 0 N–H and O–H groups in total. The van der Waals surface area contributed by atoms with Gasteiger partial charge >= 0.3 is 0 Å². The standard InChI is InChI=1S/C34H25N5O2/c1-36-29(24-14-6-2-7-15-24)23-30-32(36)35-31(37(30)25-16-8-3-9-17-25)22-28-33(40)38(26-18-10-4-11-19-26)39(34(28)41)27-20-12-5-13-21-27/h2-23H,1H3. The molecule has 3 heterocycles. The van der Waals surface area contributed by atoms with Gasteiger partial charge in [0.2, 0.25) is 0 Å². The smallest absolute Gasteiger partial charge is 0.283 e. The highest BCUT2D eigenvalue weighted by molar-refractivity contribution is 6.38. The normalized spacial score (nSPS) is 13.4. The number of hydrazine groups is 1. The van der Waals surface area contributed by atoms with E-state index in [0.717, 1.165) is 28.1 Å². The maximum absolute atomic E-state index is 14.0. The molecule has 2 amide bonds. The summed E-state index contributed by atoms with van der Waals surface area (Å²) in [4.78, 5) is 32.9. The van der Waals surface area contributed by atoms with Crippen LogP contribution in [0.1, 0.15) is 5.82 Å². The van der Waals surface area contributed by atoms with Crippen molar-refractivity contribution in [3.05, 3.63) is 139 Å². The second-order valence-corrected chi connectivity index (χ2v) is 9.77. The number of aryl methyl sites for hydroxylation is 1. The van der Waals surface area contributed by atoms with Crippen LogP contribution in [0.15, 0.2) is 133 Å². The molecule has 0 unspecified atom stereocenters. The van der Waals surface area contributed by atoms with Crippen molar-refractivity contribution < 1.29 is 9.59 Å². The van der Waals surface area contributed by atoms with Crippen molar-refractivity contribution >= 4 is 40.4 Å². The summed E-state index contributed by atoms with van der Waals surface area (Å²) in [5, 5.41) is 2.85. The van der Waals surface area contributed by atoms with E-state index in [2.05, 4.69) is 18.2 Å². The van der Waals surface area contributed by atoms with Crippen molar-refractivity contribution in [3.8, 4) is 16.9 Å². The molecule has 1 aliphatic heterocycles. The van der Waals surface area contributed by atoms with Gasteiger partial charge in [-0.05, 0) is 54.1 Å². The van der Waals surface area contributed by atoms with Gasteiger partial charge in [-0.25, -0.2) is 15.0 Å². The maximum Gasteiger partial charge on any atom is 0.283 e. The Hall–Kier alpha value is -5.69. The number of carbonyl (C=O) groups is 2. The third-order valence-corrected chi connectivity index (χ3v) is 7.28. The molecule has 1 aliphatic rings. The van der Waals surface area contributed by atoms with Gasteiger partial charge in [-0.15, -0.1) is 0 Å². The molecular formula is C34H25N5O2. The first-order valence-electron chi connectivity index (χ1n) is 13.3. The molecule has 0 atom stereocenters. The summed E-state index contributed by atoms with van der Waals surface area (Å²) in [5.74, 6) is -0.334. The number of anilines is 2. The number of para-hydroxylation sites is 3. The van der Waals surface area contributed by atoms with Gasteiger partial charge in [0.05, 0.1) is 22.6 Å². The lowest BCUT2D eigenvalue weighted by Crippen LogP contribution is -2.41. The lowest BCUT2D eigenvalue weighted by Gasteiger charge is -2.27. The summed E-state index contributed by atoms with van der Waals surface area (Å²) in [6, 6.07) is 40.5. The molecule has 1 saturated heterocycles. The second kappa shape index (κ2) is 9.81. The Bertz CT molecular complexity index is 1870. The number of amides is 2. The van der Waals surface area contributed by atoms with E-state index in [1.165, 1.54) is 10.0 Å². The Morgan fingerprint density at radius 1 is 0.610 bits per heavy atom. The molecule has 41 heavy (non-hydrogen) atoms. The third kappa shape index (κ3) is 4.03. The van der Waals surface area contributed by atoms with E-state index in [4.69, 9.17) is 4.98 Å². The third-order valence-electron chi connectivity index (χ3n) is 7.28. The van der Waals surface area contributed by atoms with Gasteiger partial charge in [-0.1, -0.05) is 84.9 Å². The number of fused-ring (bicyclic) bond motifs is 1.